The van der Waals surface area contributed by atoms with Gasteiger partial charge in [-0.2, -0.15) is 0 Å². The van der Waals surface area contributed by atoms with Crippen LogP contribution in [0.2, 0.25) is 0 Å². The maximum atomic E-state index is 11.2. The fourth-order valence-corrected chi connectivity index (χ4v) is 1.13. The van der Waals surface area contributed by atoms with Gasteiger partial charge in [0.25, 0.3) is 0 Å². The SMILES string of the molecule is C=CCn1c(=O)[nH]cc(C)c1=S. The van der Waals surface area contributed by atoms with E-state index in [0.29, 0.717) is 11.2 Å². The lowest BCUT2D eigenvalue weighted by molar-refractivity contribution is 0.725. The zero-order chi connectivity index (χ0) is 9.14. The molecule has 0 saturated heterocycles. The lowest BCUT2D eigenvalue weighted by Crippen LogP contribution is -2.23. The van der Waals surface area contributed by atoms with Crippen molar-refractivity contribution in [3.63, 3.8) is 0 Å². The molecular formula is C8H10N2OS. The van der Waals surface area contributed by atoms with Crippen LogP contribution in [0, 0.1) is 11.6 Å². The summed E-state index contributed by atoms with van der Waals surface area (Å²) in [5, 5.41) is 0. The first kappa shape index (κ1) is 8.93. The molecule has 0 spiro atoms. The van der Waals surface area contributed by atoms with Crippen LogP contribution >= 0.6 is 12.2 Å². The molecule has 64 valence electrons. The molecule has 1 heterocycles. The molecule has 0 atom stereocenters. The number of rotatable bonds is 2. The third kappa shape index (κ3) is 1.53. The Labute approximate surface area is 75.4 Å². The number of allylic oxidation sites excluding steroid dienone is 1. The molecule has 3 nitrogen and oxygen atoms in total. The Morgan fingerprint density at radius 1 is 1.83 bits per heavy atom. The van der Waals surface area contributed by atoms with Crippen molar-refractivity contribution in [1.29, 1.82) is 0 Å². The standard InChI is InChI=1S/C8H10N2OS/c1-3-4-10-7(12)6(2)5-9-8(10)11/h3,5H,1,4H2,2H3,(H,9,11). The largest absolute Gasteiger partial charge is 0.326 e. The maximum absolute atomic E-state index is 11.2. The van der Waals surface area contributed by atoms with Gasteiger partial charge < -0.3 is 4.98 Å². The van der Waals surface area contributed by atoms with E-state index in [-0.39, 0.29) is 5.69 Å². The predicted octanol–water partition coefficient (Wildman–Crippen LogP) is 1.40. The molecule has 1 aromatic heterocycles. The summed E-state index contributed by atoms with van der Waals surface area (Å²) in [5.74, 6) is 0. The topological polar surface area (TPSA) is 37.8 Å². The minimum absolute atomic E-state index is 0.189. The predicted molar refractivity (Wildman–Crippen MR) is 50.8 cm³/mol. The Morgan fingerprint density at radius 3 is 3.08 bits per heavy atom. The molecule has 1 rings (SSSR count). The van der Waals surface area contributed by atoms with Crippen molar-refractivity contribution in [3.8, 4) is 0 Å². The van der Waals surface area contributed by atoms with Gasteiger partial charge in [0.1, 0.15) is 4.64 Å². The summed E-state index contributed by atoms with van der Waals surface area (Å²) in [6, 6.07) is 0. The second kappa shape index (κ2) is 3.49. The van der Waals surface area contributed by atoms with Gasteiger partial charge >= 0.3 is 5.69 Å². The van der Waals surface area contributed by atoms with Crippen LogP contribution in [0.1, 0.15) is 5.56 Å². The highest BCUT2D eigenvalue weighted by molar-refractivity contribution is 7.71. The van der Waals surface area contributed by atoms with E-state index in [9.17, 15) is 4.79 Å². The van der Waals surface area contributed by atoms with E-state index in [1.54, 1.807) is 12.3 Å². The molecule has 0 bridgehead atoms. The molecule has 1 N–H and O–H groups in total. The highest BCUT2D eigenvalue weighted by Crippen LogP contribution is 1.95. The molecule has 0 saturated carbocycles. The Kier molecular flexibility index (Phi) is 2.60. The normalized spacial score (nSPS) is 9.75. The van der Waals surface area contributed by atoms with Gasteiger partial charge in [-0.05, 0) is 6.92 Å². The zero-order valence-corrected chi connectivity index (χ0v) is 7.65. The van der Waals surface area contributed by atoms with Gasteiger partial charge in [-0.3, -0.25) is 4.57 Å². The molecule has 12 heavy (non-hydrogen) atoms. The van der Waals surface area contributed by atoms with Crippen LogP contribution in [0.3, 0.4) is 0 Å². The average molecular weight is 182 g/mol. The van der Waals surface area contributed by atoms with E-state index in [4.69, 9.17) is 12.2 Å². The number of H-pyrrole nitrogens is 1. The molecular weight excluding hydrogens is 172 g/mol. The van der Waals surface area contributed by atoms with Crippen molar-refractivity contribution < 1.29 is 0 Å². The smallest absolute Gasteiger partial charge is 0.314 e. The summed E-state index contributed by atoms with van der Waals surface area (Å²) >= 11 is 5.04. The number of hydrogen-bond acceptors (Lipinski definition) is 2. The van der Waals surface area contributed by atoms with Crippen molar-refractivity contribution in [2.75, 3.05) is 0 Å². The van der Waals surface area contributed by atoms with Crippen molar-refractivity contribution in [3.05, 3.63) is 39.5 Å². The summed E-state index contributed by atoms with van der Waals surface area (Å²) in [6.45, 7) is 5.86. The van der Waals surface area contributed by atoms with Crippen LogP contribution in [0.25, 0.3) is 0 Å². The summed E-state index contributed by atoms with van der Waals surface area (Å²) in [6.07, 6.45) is 3.26. The van der Waals surface area contributed by atoms with Gasteiger partial charge in [-0.1, -0.05) is 18.3 Å². The molecule has 0 aromatic carbocycles. The Bertz CT molecular complexity index is 402. The summed E-state index contributed by atoms with van der Waals surface area (Å²) in [4.78, 5) is 13.8. The van der Waals surface area contributed by atoms with Crippen molar-refractivity contribution >= 4 is 12.2 Å². The number of aryl methyl sites for hydroxylation is 1. The number of hydrogen-bond donors (Lipinski definition) is 1. The quantitative estimate of drug-likeness (QED) is 0.554. The number of aromatic nitrogens is 2. The van der Waals surface area contributed by atoms with Gasteiger partial charge in [0.05, 0.1) is 0 Å². The molecule has 0 unspecified atom stereocenters. The van der Waals surface area contributed by atoms with Gasteiger partial charge in [0.2, 0.25) is 0 Å². The van der Waals surface area contributed by atoms with Crippen LogP contribution in [0.5, 0.6) is 0 Å². The average Bonchev–Trinajstić information content (AvgIpc) is 2.06. The van der Waals surface area contributed by atoms with Crippen LogP contribution in [-0.4, -0.2) is 9.55 Å². The summed E-state index contributed by atoms with van der Waals surface area (Å²) < 4.78 is 2.04. The number of nitrogens with zero attached hydrogens (tertiary/aromatic N) is 1. The Hall–Kier alpha value is -1.16. The zero-order valence-electron chi connectivity index (χ0n) is 6.83. The van der Waals surface area contributed by atoms with E-state index in [1.807, 2.05) is 6.92 Å². The summed E-state index contributed by atoms with van der Waals surface area (Å²) in [7, 11) is 0. The Morgan fingerprint density at radius 2 is 2.50 bits per heavy atom. The Balaban J connectivity index is 3.43. The van der Waals surface area contributed by atoms with E-state index in [2.05, 4.69) is 11.6 Å². The van der Waals surface area contributed by atoms with Crippen LogP contribution in [0.4, 0.5) is 0 Å². The van der Waals surface area contributed by atoms with Crippen LogP contribution < -0.4 is 5.69 Å². The highest BCUT2D eigenvalue weighted by Gasteiger charge is 1.97. The monoisotopic (exact) mass is 182 g/mol. The van der Waals surface area contributed by atoms with E-state index in [1.165, 1.54) is 4.57 Å². The fraction of sp³-hybridized carbons (Fsp3) is 0.250. The minimum Gasteiger partial charge on any atom is -0.314 e. The minimum atomic E-state index is -0.189. The first-order chi connectivity index (χ1) is 5.66. The van der Waals surface area contributed by atoms with Crippen molar-refractivity contribution in [1.82, 2.24) is 9.55 Å². The lowest BCUT2D eigenvalue weighted by Gasteiger charge is -2.02. The second-order valence-corrected chi connectivity index (χ2v) is 2.87. The number of aromatic amines is 1. The van der Waals surface area contributed by atoms with Gasteiger partial charge in [0, 0.05) is 18.3 Å². The van der Waals surface area contributed by atoms with Crippen molar-refractivity contribution in [2.24, 2.45) is 0 Å². The first-order valence-electron chi connectivity index (χ1n) is 3.57. The van der Waals surface area contributed by atoms with Gasteiger partial charge in [-0.15, -0.1) is 6.58 Å². The molecule has 0 aliphatic carbocycles. The molecule has 0 radical (unpaired) electrons. The highest BCUT2D eigenvalue weighted by atomic mass is 32.1. The van der Waals surface area contributed by atoms with E-state index in [0.717, 1.165) is 5.56 Å². The molecule has 0 aliphatic heterocycles. The molecule has 1 aromatic rings. The van der Waals surface area contributed by atoms with Crippen LogP contribution in [-0.2, 0) is 6.54 Å². The molecule has 0 amide bonds. The third-order valence-electron chi connectivity index (χ3n) is 1.55. The van der Waals surface area contributed by atoms with Crippen LogP contribution in [0.15, 0.2) is 23.6 Å². The summed E-state index contributed by atoms with van der Waals surface area (Å²) in [5.41, 5.74) is 0.706. The van der Waals surface area contributed by atoms with Crippen molar-refractivity contribution in [2.45, 2.75) is 13.5 Å². The first-order valence-corrected chi connectivity index (χ1v) is 3.97. The molecule has 4 heteroatoms. The molecule has 0 fully saturated rings. The third-order valence-corrected chi connectivity index (χ3v) is 2.09. The van der Waals surface area contributed by atoms with Gasteiger partial charge in [-0.25, -0.2) is 4.79 Å². The second-order valence-electron chi connectivity index (χ2n) is 2.48. The maximum Gasteiger partial charge on any atom is 0.326 e. The number of nitrogens with one attached hydrogen (secondary N) is 1. The van der Waals surface area contributed by atoms with E-state index < -0.39 is 0 Å². The fourth-order valence-electron chi connectivity index (χ4n) is 0.910. The van der Waals surface area contributed by atoms with Gasteiger partial charge in [0.15, 0.2) is 0 Å². The lowest BCUT2D eigenvalue weighted by atomic mass is 10.4. The molecule has 0 aliphatic rings. The van der Waals surface area contributed by atoms with E-state index >= 15 is 0 Å².